The maximum Gasteiger partial charge on any atom is 0.262 e. The predicted octanol–water partition coefficient (Wildman–Crippen LogP) is 5.10. The molecule has 1 amide bonds. The van der Waals surface area contributed by atoms with Gasteiger partial charge in [0.05, 0.1) is 17.0 Å². The summed E-state index contributed by atoms with van der Waals surface area (Å²) in [6.07, 6.45) is 5.91. The topological polar surface area (TPSA) is 73.2 Å². The van der Waals surface area contributed by atoms with Gasteiger partial charge in [0.2, 0.25) is 5.91 Å². The molecule has 2 fully saturated rings. The van der Waals surface area contributed by atoms with Gasteiger partial charge in [0.15, 0.2) is 5.16 Å². The molecule has 2 heterocycles. The number of carbonyl (C=O) groups excluding carboxylic acids is 1. The Morgan fingerprint density at radius 3 is 2.61 bits per heavy atom. The van der Waals surface area contributed by atoms with Crippen molar-refractivity contribution in [1.29, 1.82) is 0 Å². The third kappa shape index (κ3) is 6.01. The number of para-hydroxylation sites is 1. The first-order valence-electron chi connectivity index (χ1n) is 13.1. The van der Waals surface area contributed by atoms with E-state index in [4.69, 9.17) is 9.72 Å². The van der Waals surface area contributed by atoms with Crippen molar-refractivity contribution in [3.8, 4) is 0 Å². The van der Waals surface area contributed by atoms with Crippen molar-refractivity contribution in [2.45, 2.75) is 69.0 Å². The van der Waals surface area contributed by atoms with Gasteiger partial charge < -0.3 is 10.1 Å². The second-order valence-electron chi connectivity index (χ2n) is 10.2. The molecule has 0 spiro atoms. The number of hydrogen-bond donors (Lipinski definition) is 1. The SMILES string of the molecule is Cc1ccc(CSc2nc3ccccc3c(=O)n2CC2CCC(C(=O)NC[C@@H]3CCCO3)CC2)cc1. The molecule has 0 unspecified atom stereocenters. The fourth-order valence-electron chi connectivity index (χ4n) is 5.28. The molecule has 2 aromatic carbocycles. The van der Waals surface area contributed by atoms with Gasteiger partial charge in [-0.1, -0.05) is 53.7 Å². The summed E-state index contributed by atoms with van der Waals surface area (Å²) in [6, 6.07) is 16.1. The van der Waals surface area contributed by atoms with E-state index >= 15 is 0 Å². The Kier molecular flexibility index (Phi) is 8.07. The van der Waals surface area contributed by atoms with Gasteiger partial charge in [-0.2, -0.15) is 0 Å². The summed E-state index contributed by atoms with van der Waals surface area (Å²) in [5, 5.41) is 4.54. The number of hydrogen-bond acceptors (Lipinski definition) is 5. The van der Waals surface area contributed by atoms with E-state index in [9.17, 15) is 9.59 Å². The van der Waals surface area contributed by atoms with Crippen molar-refractivity contribution in [1.82, 2.24) is 14.9 Å². The number of amides is 1. The Hall–Kier alpha value is -2.64. The van der Waals surface area contributed by atoms with E-state index in [1.165, 1.54) is 11.1 Å². The van der Waals surface area contributed by atoms with Crippen LogP contribution in [0.1, 0.15) is 49.7 Å². The molecule has 5 rings (SSSR count). The lowest BCUT2D eigenvalue weighted by Crippen LogP contribution is -2.38. The van der Waals surface area contributed by atoms with Crippen molar-refractivity contribution in [3.05, 3.63) is 70.0 Å². The molecular formula is C29H35N3O3S. The lowest BCUT2D eigenvalue weighted by molar-refractivity contribution is -0.126. The van der Waals surface area contributed by atoms with E-state index in [-0.39, 0.29) is 23.5 Å². The summed E-state index contributed by atoms with van der Waals surface area (Å²) < 4.78 is 7.50. The van der Waals surface area contributed by atoms with Crippen LogP contribution in [0.4, 0.5) is 0 Å². The van der Waals surface area contributed by atoms with Crippen molar-refractivity contribution < 1.29 is 9.53 Å². The van der Waals surface area contributed by atoms with E-state index in [0.29, 0.717) is 24.4 Å². The summed E-state index contributed by atoms with van der Waals surface area (Å²) in [4.78, 5) is 31.1. The predicted molar refractivity (Wildman–Crippen MR) is 144 cm³/mol. The van der Waals surface area contributed by atoms with Crippen LogP contribution in [0.2, 0.25) is 0 Å². The molecule has 1 atom stereocenters. The molecule has 1 aliphatic carbocycles. The second kappa shape index (κ2) is 11.6. The first kappa shape index (κ1) is 25.0. The molecule has 0 radical (unpaired) electrons. The van der Waals surface area contributed by atoms with Crippen LogP contribution in [0.3, 0.4) is 0 Å². The van der Waals surface area contributed by atoms with Crippen LogP contribution in [0.25, 0.3) is 10.9 Å². The second-order valence-corrected chi connectivity index (χ2v) is 11.1. The van der Waals surface area contributed by atoms with Crippen molar-refractivity contribution in [2.24, 2.45) is 11.8 Å². The minimum atomic E-state index is 0.0310. The zero-order valence-electron chi connectivity index (χ0n) is 20.9. The van der Waals surface area contributed by atoms with Gasteiger partial charge in [-0.05, 0) is 69.1 Å². The molecule has 1 aromatic heterocycles. The quantitative estimate of drug-likeness (QED) is 0.341. The minimum Gasteiger partial charge on any atom is -0.376 e. The van der Waals surface area contributed by atoms with Gasteiger partial charge in [0, 0.05) is 31.4 Å². The smallest absolute Gasteiger partial charge is 0.262 e. The number of nitrogens with zero attached hydrogens (tertiary/aromatic N) is 2. The van der Waals surface area contributed by atoms with Crippen LogP contribution >= 0.6 is 11.8 Å². The third-order valence-corrected chi connectivity index (χ3v) is 8.55. The normalized spacial score (nSPS) is 22.1. The number of rotatable bonds is 8. The Balaban J connectivity index is 1.25. The molecule has 2 aliphatic rings. The number of ether oxygens (including phenoxy) is 1. The summed E-state index contributed by atoms with van der Waals surface area (Å²) in [6.45, 7) is 4.16. The van der Waals surface area contributed by atoms with Gasteiger partial charge in [-0.15, -0.1) is 0 Å². The molecule has 1 aliphatic heterocycles. The highest BCUT2D eigenvalue weighted by Crippen LogP contribution is 2.31. The molecule has 36 heavy (non-hydrogen) atoms. The summed E-state index contributed by atoms with van der Waals surface area (Å²) in [5.41, 5.74) is 3.23. The average molecular weight is 506 g/mol. The fraction of sp³-hybridized carbons (Fsp3) is 0.483. The first-order valence-corrected chi connectivity index (χ1v) is 14.1. The molecule has 6 nitrogen and oxygen atoms in total. The molecule has 190 valence electrons. The first-order chi connectivity index (χ1) is 17.6. The molecular weight excluding hydrogens is 470 g/mol. The zero-order chi connectivity index (χ0) is 24.9. The van der Waals surface area contributed by atoms with Crippen LogP contribution in [-0.2, 0) is 21.8 Å². The van der Waals surface area contributed by atoms with Gasteiger partial charge in [0.25, 0.3) is 5.56 Å². The number of carbonyl (C=O) groups is 1. The van der Waals surface area contributed by atoms with E-state index < -0.39 is 0 Å². The van der Waals surface area contributed by atoms with Crippen LogP contribution in [0.5, 0.6) is 0 Å². The van der Waals surface area contributed by atoms with Gasteiger partial charge >= 0.3 is 0 Å². The van der Waals surface area contributed by atoms with E-state index in [1.807, 2.05) is 28.8 Å². The summed E-state index contributed by atoms with van der Waals surface area (Å²) >= 11 is 1.62. The fourth-order valence-corrected chi connectivity index (χ4v) is 6.24. The van der Waals surface area contributed by atoms with Gasteiger partial charge in [0.1, 0.15) is 0 Å². The minimum absolute atomic E-state index is 0.0310. The Labute approximate surface area is 216 Å². The van der Waals surface area contributed by atoms with Gasteiger partial charge in [-0.3, -0.25) is 14.2 Å². The number of thioether (sulfide) groups is 1. The highest BCUT2D eigenvalue weighted by atomic mass is 32.2. The number of nitrogens with one attached hydrogen (secondary N) is 1. The molecule has 7 heteroatoms. The maximum atomic E-state index is 13.5. The zero-order valence-corrected chi connectivity index (χ0v) is 21.8. The summed E-state index contributed by atoms with van der Waals surface area (Å²) in [7, 11) is 0. The number of benzene rings is 2. The maximum absolute atomic E-state index is 13.5. The van der Waals surface area contributed by atoms with Crippen LogP contribution in [0, 0.1) is 18.8 Å². The van der Waals surface area contributed by atoms with Crippen LogP contribution in [0.15, 0.2) is 58.5 Å². The number of aromatic nitrogens is 2. The van der Waals surface area contributed by atoms with Crippen LogP contribution in [-0.4, -0.2) is 34.7 Å². The molecule has 1 saturated heterocycles. The molecule has 1 saturated carbocycles. The molecule has 0 bridgehead atoms. The lowest BCUT2D eigenvalue weighted by atomic mass is 9.81. The third-order valence-electron chi connectivity index (χ3n) is 7.50. The largest absolute Gasteiger partial charge is 0.376 e. The average Bonchev–Trinajstić information content (AvgIpc) is 3.43. The standard InChI is InChI=1S/C29H35N3O3S/c1-20-8-10-22(11-9-20)19-36-29-31-26-7-3-2-6-25(26)28(34)32(29)18-21-12-14-23(15-13-21)27(33)30-17-24-5-4-16-35-24/h2-3,6-11,21,23-24H,4-5,12-19H2,1H3,(H,30,33)/t21?,23?,24-/m0/s1. The molecule has 1 N–H and O–H groups in total. The van der Waals surface area contributed by atoms with E-state index in [2.05, 4.69) is 36.5 Å². The van der Waals surface area contributed by atoms with Crippen molar-refractivity contribution in [2.75, 3.05) is 13.2 Å². The Bertz CT molecular complexity index is 1240. The summed E-state index contributed by atoms with van der Waals surface area (Å²) in [5.74, 6) is 1.35. The number of fused-ring (bicyclic) bond motifs is 1. The van der Waals surface area contributed by atoms with Crippen LogP contribution < -0.4 is 10.9 Å². The van der Waals surface area contributed by atoms with Crippen molar-refractivity contribution >= 4 is 28.6 Å². The molecule has 3 aromatic rings. The Morgan fingerprint density at radius 2 is 1.86 bits per heavy atom. The lowest BCUT2D eigenvalue weighted by Gasteiger charge is -2.29. The number of aryl methyl sites for hydroxylation is 1. The van der Waals surface area contributed by atoms with Gasteiger partial charge in [-0.25, -0.2) is 4.98 Å². The van der Waals surface area contributed by atoms with E-state index in [1.54, 1.807) is 11.8 Å². The Morgan fingerprint density at radius 1 is 1.08 bits per heavy atom. The highest BCUT2D eigenvalue weighted by Gasteiger charge is 2.28. The van der Waals surface area contributed by atoms with Crippen molar-refractivity contribution in [3.63, 3.8) is 0 Å². The highest BCUT2D eigenvalue weighted by molar-refractivity contribution is 7.98. The monoisotopic (exact) mass is 505 g/mol. The van der Waals surface area contributed by atoms with E-state index in [0.717, 1.165) is 61.6 Å².